The Morgan fingerprint density at radius 2 is 1.89 bits per heavy atom. The molecule has 7 rings (SSSR count). The number of rotatable bonds is 10. The lowest BCUT2D eigenvalue weighted by molar-refractivity contribution is 0.0971. The summed E-state index contributed by atoms with van der Waals surface area (Å²) in [7, 11) is 0. The van der Waals surface area contributed by atoms with E-state index in [0.29, 0.717) is 36.5 Å². The molecule has 44 heavy (non-hydrogen) atoms. The second-order valence-electron chi connectivity index (χ2n) is 12.3. The largest absolute Gasteiger partial charge is 0.492 e. The van der Waals surface area contributed by atoms with Gasteiger partial charge in [0.15, 0.2) is 0 Å². The van der Waals surface area contributed by atoms with Crippen LogP contribution in [0, 0.1) is 6.92 Å². The predicted molar refractivity (Wildman–Crippen MR) is 172 cm³/mol. The molecule has 1 saturated carbocycles. The standard InChI is InChI=1S/C34H40N8O2/c1-23(2)40-16-14-39(15-17-40)18-19-44-27-12-13-41-31(21-35-32(41)20-27)34(43)37-29-8-5-9-30-33(29)24(3)38-42(30)22-26-6-4-7-28(36-26)25-10-11-25/h4-9,12-13,20-21,23,25H,10-11,14-19,22H2,1-3H3,(H,37,43). The van der Waals surface area contributed by atoms with Crippen LogP contribution in [0.25, 0.3) is 16.6 Å². The quantitative estimate of drug-likeness (QED) is 0.245. The van der Waals surface area contributed by atoms with Gasteiger partial charge in [0.2, 0.25) is 0 Å². The number of amides is 1. The van der Waals surface area contributed by atoms with Crippen molar-refractivity contribution in [3.8, 4) is 5.75 Å². The molecule has 5 aromatic rings. The Kier molecular flexibility index (Phi) is 7.78. The van der Waals surface area contributed by atoms with Crippen LogP contribution in [0.4, 0.5) is 5.69 Å². The van der Waals surface area contributed by atoms with Crippen molar-refractivity contribution in [2.45, 2.75) is 52.1 Å². The molecule has 1 aliphatic heterocycles. The number of pyridine rings is 2. The summed E-state index contributed by atoms with van der Waals surface area (Å²) in [6.45, 7) is 12.9. The molecule has 1 aromatic carbocycles. The first-order valence-electron chi connectivity index (χ1n) is 15.7. The number of carbonyl (C=O) groups excluding carboxylic acids is 1. The molecule has 4 aromatic heterocycles. The van der Waals surface area contributed by atoms with Crippen LogP contribution in [0.1, 0.15) is 60.2 Å². The minimum Gasteiger partial charge on any atom is -0.492 e. The average Bonchev–Trinajstić information content (AvgIpc) is 3.72. The average molecular weight is 593 g/mol. The molecule has 0 bridgehead atoms. The second-order valence-corrected chi connectivity index (χ2v) is 12.3. The highest BCUT2D eigenvalue weighted by molar-refractivity contribution is 6.08. The third kappa shape index (κ3) is 5.92. The number of ether oxygens (including phenoxy) is 1. The van der Waals surface area contributed by atoms with Crippen molar-refractivity contribution < 1.29 is 9.53 Å². The van der Waals surface area contributed by atoms with Crippen LogP contribution in [0.2, 0.25) is 0 Å². The second kappa shape index (κ2) is 12.0. The van der Waals surface area contributed by atoms with Gasteiger partial charge >= 0.3 is 0 Å². The first kappa shape index (κ1) is 28.5. The van der Waals surface area contributed by atoms with Gasteiger partial charge in [-0.1, -0.05) is 12.1 Å². The zero-order valence-electron chi connectivity index (χ0n) is 25.7. The highest BCUT2D eigenvalue weighted by atomic mass is 16.5. The number of aryl methyl sites for hydroxylation is 1. The molecule has 10 nitrogen and oxygen atoms in total. The van der Waals surface area contributed by atoms with Gasteiger partial charge in [-0.15, -0.1) is 0 Å². The van der Waals surface area contributed by atoms with E-state index < -0.39 is 0 Å². The summed E-state index contributed by atoms with van der Waals surface area (Å²) in [5.41, 5.74) is 5.83. The smallest absolute Gasteiger partial charge is 0.274 e. The Labute approximate surface area is 257 Å². The maximum atomic E-state index is 13.5. The fourth-order valence-corrected chi connectivity index (χ4v) is 6.19. The van der Waals surface area contributed by atoms with Gasteiger partial charge in [-0.25, -0.2) is 4.98 Å². The van der Waals surface area contributed by atoms with E-state index >= 15 is 0 Å². The minimum atomic E-state index is -0.231. The van der Waals surface area contributed by atoms with E-state index in [0.717, 1.165) is 66.5 Å². The number of hydrogen-bond acceptors (Lipinski definition) is 7. The maximum absolute atomic E-state index is 13.5. The lowest BCUT2D eigenvalue weighted by Crippen LogP contribution is -2.49. The highest BCUT2D eigenvalue weighted by Crippen LogP contribution is 2.39. The summed E-state index contributed by atoms with van der Waals surface area (Å²) in [6, 6.07) is 16.5. The van der Waals surface area contributed by atoms with Crippen LogP contribution in [0.3, 0.4) is 0 Å². The van der Waals surface area contributed by atoms with Crippen molar-refractivity contribution >= 4 is 28.1 Å². The number of carbonyl (C=O) groups is 1. The normalized spacial score (nSPS) is 16.3. The lowest BCUT2D eigenvalue weighted by Gasteiger charge is -2.36. The van der Waals surface area contributed by atoms with Gasteiger partial charge in [0.1, 0.15) is 23.7 Å². The summed E-state index contributed by atoms with van der Waals surface area (Å²) >= 11 is 0. The number of aromatic nitrogens is 5. The first-order valence-corrected chi connectivity index (χ1v) is 15.7. The molecule has 2 aliphatic rings. The van der Waals surface area contributed by atoms with E-state index in [2.05, 4.69) is 52.1 Å². The van der Waals surface area contributed by atoms with E-state index in [-0.39, 0.29) is 5.91 Å². The molecule has 0 radical (unpaired) electrons. The molecule has 0 unspecified atom stereocenters. The number of anilines is 1. The van der Waals surface area contributed by atoms with Crippen LogP contribution in [-0.2, 0) is 6.54 Å². The highest BCUT2D eigenvalue weighted by Gasteiger charge is 2.25. The summed E-state index contributed by atoms with van der Waals surface area (Å²) in [5.74, 6) is 1.12. The van der Waals surface area contributed by atoms with Gasteiger partial charge < -0.3 is 10.1 Å². The van der Waals surface area contributed by atoms with Crippen LogP contribution in [-0.4, -0.2) is 85.2 Å². The zero-order valence-corrected chi connectivity index (χ0v) is 25.7. The Morgan fingerprint density at radius 1 is 1.07 bits per heavy atom. The predicted octanol–water partition coefficient (Wildman–Crippen LogP) is 4.97. The Bertz CT molecular complexity index is 1800. The number of hydrogen-bond donors (Lipinski definition) is 1. The van der Waals surface area contributed by atoms with E-state index in [1.54, 1.807) is 10.6 Å². The summed E-state index contributed by atoms with van der Waals surface area (Å²) < 4.78 is 9.83. The Balaban J connectivity index is 1.02. The van der Waals surface area contributed by atoms with Gasteiger partial charge in [-0.05, 0) is 63.9 Å². The molecule has 1 saturated heterocycles. The van der Waals surface area contributed by atoms with Crippen molar-refractivity contribution in [2.24, 2.45) is 0 Å². The summed E-state index contributed by atoms with van der Waals surface area (Å²) in [4.78, 5) is 27.8. The molecular weight excluding hydrogens is 552 g/mol. The summed E-state index contributed by atoms with van der Waals surface area (Å²) in [5, 5.41) is 8.86. The van der Waals surface area contributed by atoms with Crippen molar-refractivity contribution in [3.05, 3.63) is 83.7 Å². The number of nitrogens with one attached hydrogen (secondary N) is 1. The van der Waals surface area contributed by atoms with Crippen molar-refractivity contribution in [1.82, 2.24) is 33.9 Å². The van der Waals surface area contributed by atoms with Crippen LogP contribution < -0.4 is 10.1 Å². The summed E-state index contributed by atoms with van der Waals surface area (Å²) in [6.07, 6.45) is 5.90. The molecule has 2 fully saturated rings. The van der Waals surface area contributed by atoms with Crippen molar-refractivity contribution in [1.29, 1.82) is 0 Å². The lowest BCUT2D eigenvalue weighted by atomic mass is 10.1. The van der Waals surface area contributed by atoms with Gasteiger partial charge in [-0.3, -0.25) is 28.7 Å². The van der Waals surface area contributed by atoms with E-state index in [1.807, 2.05) is 48.1 Å². The van der Waals surface area contributed by atoms with Crippen molar-refractivity contribution in [3.63, 3.8) is 0 Å². The Hall–Kier alpha value is -4.28. The third-order valence-electron chi connectivity index (χ3n) is 8.87. The molecule has 0 atom stereocenters. The monoisotopic (exact) mass is 592 g/mol. The van der Waals surface area contributed by atoms with E-state index in [1.165, 1.54) is 18.5 Å². The molecule has 0 spiro atoms. The number of imidazole rings is 1. The zero-order chi connectivity index (χ0) is 30.2. The van der Waals surface area contributed by atoms with Gasteiger partial charge in [0, 0.05) is 68.0 Å². The van der Waals surface area contributed by atoms with Gasteiger partial charge in [0.05, 0.1) is 35.3 Å². The fourth-order valence-electron chi connectivity index (χ4n) is 6.19. The number of piperazine rings is 1. The Morgan fingerprint density at radius 3 is 2.68 bits per heavy atom. The van der Waals surface area contributed by atoms with Crippen molar-refractivity contribution in [2.75, 3.05) is 44.6 Å². The van der Waals surface area contributed by atoms with E-state index in [4.69, 9.17) is 14.8 Å². The first-order chi connectivity index (χ1) is 21.4. The molecule has 1 N–H and O–H groups in total. The number of nitrogens with zero attached hydrogens (tertiary/aromatic N) is 7. The number of benzene rings is 1. The van der Waals surface area contributed by atoms with Crippen LogP contribution >= 0.6 is 0 Å². The maximum Gasteiger partial charge on any atom is 0.274 e. The molecular formula is C34H40N8O2. The minimum absolute atomic E-state index is 0.231. The number of fused-ring (bicyclic) bond motifs is 2. The van der Waals surface area contributed by atoms with Gasteiger partial charge in [-0.2, -0.15) is 5.10 Å². The third-order valence-corrected chi connectivity index (χ3v) is 8.87. The molecule has 10 heteroatoms. The SMILES string of the molecule is Cc1nn(Cc2cccc(C3CC3)n2)c2cccc(NC(=O)c3cnc4cc(OCCN5CCN(C(C)C)CC5)ccn34)c12. The molecule has 228 valence electrons. The topological polar surface area (TPSA) is 92.8 Å². The molecule has 1 aliphatic carbocycles. The molecule has 1 amide bonds. The van der Waals surface area contributed by atoms with Crippen LogP contribution in [0.15, 0.2) is 60.9 Å². The van der Waals surface area contributed by atoms with Gasteiger partial charge in [0.25, 0.3) is 5.91 Å². The van der Waals surface area contributed by atoms with Crippen LogP contribution in [0.5, 0.6) is 5.75 Å². The molecule has 5 heterocycles. The fraction of sp³-hybridized carbons (Fsp3) is 0.412. The van der Waals surface area contributed by atoms with E-state index in [9.17, 15) is 4.79 Å².